The molecule has 250 valence electrons. The molecule has 13 heteroatoms. The van der Waals surface area contributed by atoms with Gasteiger partial charge in [-0.15, -0.1) is 0 Å². The Balaban J connectivity index is 1.91. The van der Waals surface area contributed by atoms with E-state index in [9.17, 15) is 24.3 Å². The maximum Gasteiger partial charge on any atom is 0.303 e. The molecular weight excluding hydrogens is 668 g/mol. The fraction of sp³-hybridized carbons (Fsp3) is 0.515. The molecule has 2 heterocycles. The van der Waals surface area contributed by atoms with Crippen molar-refractivity contribution in [3.05, 3.63) is 63.1 Å². The van der Waals surface area contributed by atoms with E-state index in [1.807, 2.05) is 24.3 Å². The lowest BCUT2D eigenvalue weighted by atomic mass is 9.86. The second-order valence-corrected chi connectivity index (χ2v) is 12.1. The fourth-order valence-electron chi connectivity index (χ4n) is 5.51. The Hall–Kier alpha value is -3.52. The van der Waals surface area contributed by atoms with Crippen molar-refractivity contribution in [3.8, 4) is 5.75 Å². The zero-order valence-electron chi connectivity index (χ0n) is 26.4. The molecule has 12 nitrogen and oxygen atoms in total. The van der Waals surface area contributed by atoms with Crippen LogP contribution in [-0.4, -0.2) is 79.3 Å². The average Bonchev–Trinajstić information content (AvgIpc) is 3.49. The van der Waals surface area contributed by atoms with Gasteiger partial charge in [0.25, 0.3) is 0 Å². The van der Waals surface area contributed by atoms with Gasteiger partial charge in [-0.25, -0.2) is 0 Å². The third kappa shape index (κ3) is 8.64. The third-order valence-corrected chi connectivity index (χ3v) is 8.33. The summed E-state index contributed by atoms with van der Waals surface area (Å²) in [6.45, 7) is 6.87. The van der Waals surface area contributed by atoms with Crippen molar-refractivity contribution < 1.29 is 57.4 Å². The summed E-state index contributed by atoms with van der Waals surface area (Å²) in [4.78, 5) is 48.9. The SMILES string of the molecule is CCc1ccc(Cc2cc([C@]3(O)O[C@H](COC(C)=O)[C@@H](OC(C)=O)[C@H](OC(C)=O)[C@H]3OC(C)=O)c(O[C@H]3CCOC3)cc2Br)cc1. The number of ether oxygens (including phenoxy) is 7. The average molecular weight is 708 g/mol. The zero-order valence-corrected chi connectivity index (χ0v) is 28.0. The Kier molecular flexibility index (Phi) is 11.8. The number of hydrogen-bond acceptors (Lipinski definition) is 12. The van der Waals surface area contributed by atoms with Crippen LogP contribution in [0.2, 0.25) is 0 Å². The second-order valence-electron chi connectivity index (χ2n) is 11.2. The number of esters is 4. The molecule has 0 aromatic heterocycles. The molecule has 2 aromatic rings. The normalized spacial score (nSPS) is 25.8. The third-order valence-electron chi connectivity index (χ3n) is 7.60. The molecule has 2 fully saturated rings. The van der Waals surface area contributed by atoms with E-state index in [2.05, 4.69) is 22.9 Å². The van der Waals surface area contributed by atoms with Crippen LogP contribution >= 0.6 is 15.9 Å². The predicted molar refractivity (Wildman–Crippen MR) is 165 cm³/mol. The van der Waals surface area contributed by atoms with Gasteiger partial charge in [0.05, 0.1) is 18.8 Å². The Bertz CT molecular complexity index is 1420. The Morgan fingerprint density at radius 3 is 2.11 bits per heavy atom. The Labute approximate surface area is 275 Å². The minimum absolute atomic E-state index is 0.0419. The lowest BCUT2D eigenvalue weighted by Gasteiger charge is -2.49. The summed E-state index contributed by atoms with van der Waals surface area (Å²) in [5.41, 5.74) is 2.92. The van der Waals surface area contributed by atoms with Crippen LogP contribution in [0.5, 0.6) is 5.75 Å². The molecule has 0 aliphatic carbocycles. The van der Waals surface area contributed by atoms with Crippen LogP contribution in [0.3, 0.4) is 0 Å². The van der Waals surface area contributed by atoms with Crippen molar-refractivity contribution in [1.82, 2.24) is 0 Å². The van der Waals surface area contributed by atoms with Crippen molar-refractivity contribution in [1.29, 1.82) is 0 Å². The molecule has 0 saturated carbocycles. The first-order chi connectivity index (χ1) is 21.8. The van der Waals surface area contributed by atoms with Gasteiger partial charge in [0.2, 0.25) is 11.9 Å². The van der Waals surface area contributed by atoms with Gasteiger partial charge in [0.1, 0.15) is 24.6 Å². The van der Waals surface area contributed by atoms with Crippen LogP contribution in [0.1, 0.15) is 63.3 Å². The van der Waals surface area contributed by atoms with Crippen LogP contribution in [0.15, 0.2) is 40.9 Å². The zero-order chi connectivity index (χ0) is 33.6. The number of benzene rings is 2. The minimum Gasteiger partial charge on any atom is -0.487 e. The highest BCUT2D eigenvalue weighted by Gasteiger charge is 2.61. The van der Waals surface area contributed by atoms with Gasteiger partial charge in [-0.3, -0.25) is 19.2 Å². The molecule has 4 rings (SSSR count). The summed E-state index contributed by atoms with van der Waals surface area (Å²) in [6, 6.07) is 11.4. The summed E-state index contributed by atoms with van der Waals surface area (Å²) in [6.07, 6.45) is -4.62. The standard InChI is InChI=1S/C33H39BrO12/c1-6-22-7-9-23(10-8-22)13-24-14-26(28(15-27(24)34)45-25-11-12-40-16-25)33(39)32(44-21(5)38)31(43-20(4)37)30(42-19(3)36)29(46-33)17-41-18(2)35/h7-10,14-15,25,29-32,39H,6,11-13,16-17H2,1-5H3/t25-,29+,30+,31-,32+,33-/m0/s1. The van der Waals surface area contributed by atoms with E-state index >= 15 is 0 Å². The summed E-state index contributed by atoms with van der Waals surface area (Å²) in [5, 5.41) is 12.6. The highest BCUT2D eigenvalue weighted by atomic mass is 79.9. The van der Waals surface area contributed by atoms with Gasteiger partial charge < -0.3 is 38.3 Å². The smallest absolute Gasteiger partial charge is 0.303 e. The summed E-state index contributed by atoms with van der Waals surface area (Å²) in [5.74, 6) is -5.51. The molecule has 6 atom stereocenters. The van der Waals surface area contributed by atoms with E-state index in [-0.39, 0.29) is 17.4 Å². The van der Waals surface area contributed by atoms with Gasteiger partial charge >= 0.3 is 23.9 Å². The molecule has 2 aliphatic heterocycles. The Morgan fingerprint density at radius 2 is 1.54 bits per heavy atom. The topological polar surface area (TPSA) is 153 Å². The van der Waals surface area contributed by atoms with Gasteiger partial charge in [0.15, 0.2) is 12.2 Å². The van der Waals surface area contributed by atoms with Gasteiger partial charge in [-0.05, 0) is 41.7 Å². The molecule has 2 aliphatic rings. The van der Waals surface area contributed by atoms with Crippen LogP contribution in [0, 0.1) is 0 Å². The maximum atomic E-state index is 12.6. The van der Waals surface area contributed by atoms with Crippen LogP contribution in [0.4, 0.5) is 0 Å². The molecule has 0 radical (unpaired) electrons. The predicted octanol–water partition coefficient (Wildman–Crippen LogP) is 3.67. The van der Waals surface area contributed by atoms with Crippen molar-refractivity contribution >= 4 is 39.8 Å². The number of aliphatic hydroxyl groups is 1. The highest BCUT2D eigenvalue weighted by molar-refractivity contribution is 9.10. The lowest BCUT2D eigenvalue weighted by molar-refractivity contribution is -0.360. The van der Waals surface area contributed by atoms with E-state index < -0.39 is 60.7 Å². The summed E-state index contributed by atoms with van der Waals surface area (Å²) >= 11 is 3.64. The number of halogens is 1. The van der Waals surface area contributed by atoms with Crippen molar-refractivity contribution in [2.24, 2.45) is 0 Å². The van der Waals surface area contributed by atoms with Crippen LogP contribution in [0.25, 0.3) is 0 Å². The van der Waals surface area contributed by atoms with Gasteiger partial charge in [0, 0.05) is 38.6 Å². The van der Waals surface area contributed by atoms with E-state index in [0.717, 1.165) is 38.3 Å². The van der Waals surface area contributed by atoms with Crippen LogP contribution in [-0.2, 0) is 66.2 Å². The number of hydrogen-bond donors (Lipinski definition) is 1. The highest BCUT2D eigenvalue weighted by Crippen LogP contribution is 2.46. The van der Waals surface area contributed by atoms with E-state index in [1.165, 1.54) is 12.5 Å². The van der Waals surface area contributed by atoms with E-state index in [0.29, 0.717) is 30.5 Å². The lowest BCUT2D eigenvalue weighted by Crippen LogP contribution is -2.66. The summed E-state index contributed by atoms with van der Waals surface area (Å²) < 4.78 is 40.6. The molecule has 0 amide bonds. The molecule has 1 N–H and O–H groups in total. The molecule has 2 aromatic carbocycles. The quantitative estimate of drug-likeness (QED) is 0.268. The van der Waals surface area contributed by atoms with Crippen molar-refractivity contribution in [3.63, 3.8) is 0 Å². The number of carbonyl (C=O) groups excluding carboxylic acids is 4. The number of rotatable bonds is 11. The number of aryl methyl sites for hydroxylation is 1. The first-order valence-electron chi connectivity index (χ1n) is 15.0. The molecular formula is C33H39BrO12. The number of carbonyl (C=O) groups is 4. The maximum absolute atomic E-state index is 12.6. The van der Waals surface area contributed by atoms with Gasteiger partial charge in [-0.1, -0.05) is 47.1 Å². The molecule has 2 saturated heterocycles. The first kappa shape index (κ1) is 35.3. The van der Waals surface area contributed by atoms with E-state index in [1.54, 1.807) is 12.1 Å². The molecule has 0 bridgehead atoms. The summed E-state index contributed by atoms with van der Waals surface area (Å²) in [7, 11) is 0. The van der Waals surface area contributed by atoms with Gasteiger partial charge in [-0.2, -0.15) is 0 Å². The van der Waals surface area contributed by atoms with Crippen molar-refractivity contribution in [2.75, 3.05) is 19.8 Å². The largest absolute Gasteiger partial charge is 0.487 e. The molecule has 46 heavy (non-hydrogen) atoms. The van der Waals surface area contributed by atoms with Crippen LogP contribution < -0.4 is 4.74 Å². The molecule has 0 spiro atoms. The molecule has 0 unspecified atom stereocenters. The monoisotopic (exact) mass is 706 g/mol. The Morgan fingerprint density at radius 1 is 0.913 bits per heavy atom. The fourth-order valence-corrected chi connectivity index (χ4v) is 5.97. The van der Waals surface area contributed by atoms with Crippen molar-refractivity contribution in [2.45, 2.75) is 90.2 Å². The second kappa shape index (κ2) is 15.4. The first-order valence-corrected chi connectivity index (χ1v) is 15.8. The minimum atomic E-state index is -2.57. The van der Waals surface area contributed by atoms with E-state index in [4.69, 9.17) is 33.2 Å².